The van der Waals surface area contributed by atoms with Crippen LogP contribution in [0.25, 0.3) is 0 Å². The Kier molecular flexibility index (Phi) is 7.26. The Balaban J connectivity index is 1.79. The van der Waals surface area contributed by atoms with E-state index < -0.39 is 5.41 Å². The highest BCUT2D eigenvalue weighted by Gasteiger charge is 2.42. The minimum atomic E-state index is -0.503. The van der Waals surface area contributed by atoms with Gasteiger partial charge in [-0.25, -0.2) is 0 Å². The molecule has 0 radical (unpaired) electrons. The molecule has 0 bridgehead atoms. The van der Waals surface area contributed by atoms with Gasteiger partial charge in [0.2, 0.25) is 5.91 Å². The standard InChI is InChI=1S/C27H30ClN5O2S/c1-17-20(13-14-32(17)26(35)27(2,3)4)23-21(15-29)24(31(5)16-19-11-12-22(28)36-19)33(30-23)25(34)18-9-7-6-8-10-18/h6-12,17,20H,13-14,16H2,1-5H3. The Hall–Kier alpha value is -3.15. The number of rotatable bonds is 5. The number of hydrogen-bond donors (Lipinski definition) is 0. The molecule has 3 aromatic rings. The van der Waals surface area contributed by atoms with Crippen LogP contribution in [0.5, 0.6) is 0 Å². The lowest BCUT2D eigenvalue weighted by molar-refractivity contribution is -0.140. The number of nitriles is 1. The molecule has 4 rings (SSSR count). The maximum absolute atomic E-state index is 13.6. The van der Waals surface area contributed by atoms with Gasteiger partial charge in [0.1, 0.15) is 11.6 Å². The highest BCUT2D eigenvalue weighted by molar-refractivity contribution is 7.16. The zero-order chi connectivity index (χ0) is 26.2. The molecule has 1 aromatic carbocycles. The lowest BCUT2D eigenvalue weighted by Gasteiger charge is -2.30. The van der Waals surface area contributed by atoms with E-state index in [4.69, 9.17) is 16.7 Å². The van der Waals surface area contributed by atoms with Crippen molar-refractivity contribution >= 4 is 40.6 Å². The molecule has 1 aliphatic rings. The molecule has 7 nitrogen and oxygen atoms in total. The number of aromatic nitrogens is 2. The molecule has 0 aliphatic carbocycles. The average molecular weight is 524 g/mol. The number of thiophene rings is 1. The monoisotopic (exact) mass is 523 g/mol. The number of likely N-dealkylation sites (tertiary alicyclic amines) is 1. The van der Waals surface area contributed by atoms with E-state index in [1.807, 2.05) is 62.7 Å². The average Bonchev–Trinajstić information content (AvgIpc) is 3.54. The van der Waals surface area contributed by atoms with E-state index in [1.165, 1.54) is 16.0 Å². The number of hydrogen-bond acceptors (Lipinski definition) is 6. The molecule has 1 aliphatic heterocycles. The molecule has 0 saturated carbocycles. The zero-order valence-corrected chi connectivity index (χ0v) is 22.7. The molecule has 1 fully saturated rings. The summed E-state index contributed by atoms with van der Waals surface area (Å²) in [7, 11) is 1.84. The van der Waals surface area contributed by atoms with Gasteiger partial charge >= 0.3 is 0 Å². The first-order chi connectivity index (χ1) is 17.0. The number of amides is 1. The summed E-state index contributed by atoms with van der Waals surface area (Å²) in [6.45, 7) is 8.78. The Morgan fingerprint density at radius 1 is 1.22 bits per heavy atom. The predicted octanol–water partition coefficient (Wildman–Crippen LogP) is 5.55. The van der Waals surface area contributed by atoms with E-state index in [-0.39, 0.29) is 23.8 Å². The highest BCUT2D eigenvalue weighted by Crippen LogP contribution is 2.39. The fraction of sp³-hybridized carbons (Fsp3) is 0.407. The van der Waals surface area contributed by atoms with Gasteiger partial charge in [0.25, 0.3) is 5.91 Å². The first-order valence-electron chi connectivity index (χ1n) is 11.9. The summed E-state index contributed by atoms with van der Waals surface area (Å²) in [6, 6.07) is 14.9. The SMILES string of the molecule is CC1C(c2nn(C(=O)c3ccccc3)c(N(C)Cc3ccc(Cl)s3)c2C#N)CCN1C(=O)C(C)(C)C. The van der Waals surface area contributed by atoms with Crippen LogP contribution in [0.2, 0.25) is 4.34 Å². The number of nitrogens with zero attached hydrogens (tertiary/aromatic N) is 5. The molecule has 2 aromatic heterocycles. The molecule has 188 valence electrons. The van der Waals surface area contributed by atoms with E-state index in [2.05, 4.69) is 6.07 Å². The van der Waals surface area contributed by atoms with Crippen LogP contribution in [0.3, 0.4) is 0 Å². The highest BCUT2D eigenvalue weighted by atomic mass is 35.5. The Morgan fingerprint density at radius 2 is 1.92 bits per heavy atom. The second kappa shape index (κ2) is 10.1. The quantitative estimate of drug-likeness (QED) is 0.438. The molecule has 9 heteroatoms. The van der Waals surface area contributed by atoms with Crippen molar-refractivity contribution in [3.8, 4) is 6.07 Å². The summed E-state index contributed by atoms with van der Waals surface area (Å²) in [5.74, 6) is 0.0539. The van der Waals surface area contributed by atoms with Crippen LogP contribution < -0.4 is 4.90 Å². The summed E-state index contributed by atoms with van der Waals surface area (Å²) in [5.41, 5.74) is 0.904. The Morgan fingerprint density at radius 3 is 2.50 bits per heavy atom. The van der Waals surface area contributed by atoms with Gasteiger partial charge < -0.3 is 9.80 Å². The minimum Gasteiger partial charge on any atom is -0.353 e. The van der Waals surface area contributed by atoms with Gasteiger partial charge in [0.15, 0.2) is 5.82 Å². The summed E-state index contributed by atoms with van der Waals surface area (Å²) < 4.78 is 2.02. The van der Waals surface area contributed by atoms with E-state index in [9.17, 15) is 14.9 Å². The number of carbonyl (C=O) groups is 2. The van der Waals surface area contributed by atoms with Crippen LogP contribution in [0.1, 0.15) is 66.5 Å². The van der Waals surface area contributed by atoms with Crippen molar-refractivity contribution in [1.29, 1.82) is 5.26 Å². The molecule has 1 saturated heterocycles. The van der Waals surface area contributed by atoms with Gasteiger partial charge in [-0.15, -0.1) is 11.3 Å². The van der Waals surface area contributed by atoms with Crippen LogP contribution in [-0.2, 0) is 11.3 Å². The van der Waals surface area contributed by atoms with Crippen molar-refractivity contribution in [2.75, 3.05) is 18.5 Å². The van der Waals surface area contributed by atoms with E-state index in [0.29, 0.717) is 46.5 Å². The fourth-order valence-electron chi connectivity index (χ4n) is 4.76. The maximum Gasteiger partial charge on any atom is 0.280 e. The van der Waals surface area contributed by atoms with Gasteiger partial charge in [0, 0.05) is 41.4 Å². The first kappa shape index (κ1) is 25.9. The second-order valence-electron chi connectivity index (χ2n) is 10.2. The zero-order valence-electron chi connectivity index (χ0n) is 21.2. The first-order valence-corrected chi connectivity index (χ1v) is 13.1. The minimum absolute atomic E-state index is 0.0720. The molecule has 3 heterocycles. The summed E-state index contributed by atoms with van der Waals surface area (Å²) in [5, 5.41) is 15.1. The third-order valence-electron chi connectivity index (χ3n) is 6.61. The molecule has 0 N–H and O–H groups in total. The lowest BCUT2D eigenvalue weighted by Crippen LogP contribution is -2.42. The number of anilines is 1. The second-order valence-corrected chi connectivity index (χ2v) is 12.0. The Labute approximate surface area is 220 Å². The topological polar surface area (TPSA) is 82.2 Å². The normalized spacial score (nSPS) is 17.8. The summed E-state index contributed by atoms with van der Waals surface area (Å²) in [6.07, 6.45) is 0.678. The van der Waals surface area contributed by atoms with Crippen LogP contribution in [0.4, 0.5) is 5.82 Å². The van der Waals surface area contributed by atoms with Crippen LogP contribution >= 0.6 is 22.9 Å². The van der Waals surface area contributed by atoms with Crippen LogP contribution in [0.15, 0.2) is 42.5 Å². The number of halogens is 1. The maximum atomic E-state index is 13.6. The van der Waals surface area contributed by atoms with Gasteiger partial charge in [-0.05, 0) is 37.6 Å². The van der Waals surface area contributed by atoms with Gasteiger partial charge in [-0.1, -0.05) is 50.6 Å². The van der Waals surface area contributed by atoms with Crippen molar-refractivity contribution in [2.24, 2.45) is 5.41 Å². The van der Waals surface area contributed by atoms with Gasteiger partial charge in [0.05, 0.1) is 16.6 Å². The largest absolute Gasteiger partial charge is 0.353 e. The van der Waals surface area contributed by atoms with E-state index >= 15 is 0 Å². The van der Waals surface area contributed by atoms with Gasteiger partial charge in [-0.2, -0.15) is 15.0 Å². The predicted molar refractivity (Wildman–Crippen MR) is 143 cm³/mol. The number of carbonyl (C=O) groups excluding carboxylic acids is 2. The molecule has 36 heavy (non-hydrogen) atoms. The van der Waals surface area contributed by atoms with Crippen molar-refractivity contribution in [1.82, 2.24) is 14.7 Å². The van der Waals surface area contributed by atoms with E-state index in [1.54, 1.807) is 24.3 Å². The van der Waals surface area contributed by atoms with Gasteiger partial charge in [-0.3, -0.25) is 9.59 Å². The van der Waals surface area contributed by atoms with Crippen molar-refractivity contribution in [3.05, 3.63) is 68.5 Å². The van der Waals surface area contributed by atoms with E-state index in [0.717, 1.165) is 4.88 Å². The fourth-order valence-corrected chi connectivity index (χ4v) is 5.90. The van der Waals surface area contributed by atoms with Crippen molar-refractivity contribution < 1.29 is 9.59 Å². The Bertz CT molecular complexity index is 1320. The molecule has 0 spiro atoms. The third kappa shape index (κ3) is 4.91. The smallest absolute Gasteiger partial charge is 0.280 e. The molecule has 2 unspecified atom stereocenters. The summed E-state index contributed by atoms with van der Waals surface area (Å²) >= 11 is 7.59. The van der Waals surface area contributed by atoms with Crippen LogP contribution in [0, 0.1) is 16.7 Å². The molecule has 2 atom stereocenters. The van der Waals surface area contributed by atoms with Crippen molar-refractivity contribution in [2.45, 2.75) is 52.6 Å². The number of benzene rings is 1. The molecule has 1 amide bonds. The van der Waals surface area contributed by atoms with Crippen LogP contribution in [-0.4, -0.2) is 46.1 Å². The summed E-state index contributed by atoms with van der Waals surface area (Å²) in [4.78, 5) is 31.4. The molecular weight excluding hydrogens is 494 g/mol. The lowest BCUT2D eigenvalue weighted by atomic mass is 9.92. The molecular formula is C27H30ClN5O2S. The third-order valence-corrected chi connectivity index (χ3v) is 7.82. The van der Waals surface area contributed by atoms with Crippen molar-refractivity contribution in [3.63, 3.8) is 0 Å².